The molecule has 1 amide bonds. The number of methoxy groups -OCH3 is 1. The number of thiophene rings is 1. The van der Waals surface area contributed by atoms with E-state index < -0.39 is 0 Å². The van der Waals surface area contributed by atoms with Crippen LogP contribution in [0.25, 0.3) is 21.1 Å². The molecule has 0 bridgehead atoms. The second-order valence-corrected chi connectivity index (χ2v) is 11.1. The van der Waals surface area contributed by atoms with Crippen molar-refractivity contribution >= 4 is 50.4 Å². The minimum Gasteiger partial charge on any atom is -0.494 e. The number of carbonyl (C=O) groups excluding carboxylic acids is 1. The second kappa shape index (κ2) is 8.70. The summed E-state index contributed by atoms with van der Waals surface area (Å²) in [5, 5.41) is 12.7. The Bertz CT molecular complexity index is 1450. The van der Waals surface area contributed by atoms with Crippen LogP contribution in [0.15, 0.2) is 24.7 Å². The molecule has 2 N–H and O–H groups in total. The van der Waals surface area contributed by atoms with Crippen LogP contribution in [-0.2, 0) is 22.4 Å². The fourth-order valence-corrected chi connectivity index (χ4v) is 7.53. The molecule has 0 spiro atoms. The van der Waals surface area contributed by atoms with E-state index in [1.807, 2.05) is 17.0 Å². The van der Waals surface area contributed by atoms with Gasteiger partial charge in [-0.2, -0.15) is 5.10 Å². The van der Waals surface area contributed by atoms with Crippen molar-refractivity contribution < 1.29 is 14.3 Å². The van der Waals surface area contributed by atoms with E-state index in [9.17, 15) is 4.79 Å². The molecule has 1 aromatic carbocycles. The third-order valence-electron chi connectivity index (χ3n) is 8.48. The van der Waals surface area contributed by atoms with E-state index in [1.165, 1.54) is 10.4 Å². The van der Waals surface area contributed by atoms with Crippen LogP contribution in [0.2, 0.25) is 0 Å². The molecule has 36 heavy (non-hydrogen) atoms. The fraction of sp³-hybridized carbons (Fsp3) is 0.462. The monoisotopic (exact) mass is 506 g/mol. The Morgan fingerprint density at radius 2 is 2.25 bits per heavy atom. The zero-order chi connectivity index (χ0) is 24.9. The van der Waals surface area contributed by atoms with E-state index in [0.29, 0.717) is 25.5 Å². The number of carbonyl (C=O) groups is 1. The molecule has 4 aromatic rings. The summed E-state index contributed by atoms with van der Waals surface area (Å²) in [6, 6.07) is 3.96. The molecule has 1 aliphatic heterocycles. The molecule has 0 radical (unpaired) electrons. The molecule has 1 aliphatic carbocycles. The first-order valence-corrected chi connectivity index (χ1v) is 13.2. The van der Waals surface area contributed by atoms with Gasteiger partial charge in [0.1, 0.15) is 22.7 Å². The third-order valence-corrected chi connectivity index (χ3v) is 9.62. The number of nitrogens with one attached hydrogen (secondary N) is 2. The Morgan fingerprint density at radius 1 is 1.36 bits per heavy atom. The topological polar surface area (TPSA) is 105 Å². The Kier molecular flexibility index (Phi) is 5.60. The first kappa shape index (κ1) is 23.2. The largest absolute Gasteiger partial charge is 0.494 e. The van der Waals surface area contributed by atoms with Gasteiger partial charge in [-0.05, 0) is 44.2 Å². The third kappa shape index (κ3) is 3.38. The number of H-pyrrole nitrogens is 1. The standard InChI is InChI=1S/C26H30N6O3S/c1-4-26(25(2)13-35-8-7-32(25)15-33)6-5-17-21(11-26)36-24-22(17)23(27-14-28-24)30-19-9-16-12-29-31-18(16)10-20(19)34-3/h9-10,12,14-15H,4-8,11,13H2,1-3H3,(H,29,31)(H,27,28,30)/t25-,26+/m1/s1. The van der Waals surface area contributed by atoms with E-state index in [1.54, 1.807) is 31.0 Å². The number of aryl methyl sites for hydroxylation is 1. The van der Waals surface area contributed by atoms with Gasteiger partial charge in [-0.1, -0.05) is 6.92 Å². The molecule has 1 fully saturated rings. The van der Waals surface area contributed by atoms with Crippen LogP contribution >= 0.6 is 11.3 Å². The number of amides is 1. The number of fused-ring (bicyclic) bond motifs is 4. The molecule has 10 heteroatoms. The van der Waals surface area contributed by atoms with Crippen LogP contribution in [0, 0.1) is 5.41 Å². The highest BCUT2D eigenvalue weighted by Gasteiger charge is 2.53. The maximum Gasteiger partial charge on any atom is 0.210 e. The summed E-state index contributed by atoms with van der Waals surface area (Å²) in [5.74, 6) is 1.50. The summed E-state index contributed by atoms with van der Waals surface area (Å²) >= 11 is 1.74. The number of anilines is 2. The molecule has 9 nitrogen and oxygen atoms in total. The maximum atomic E-state index is 12.0. The van der Waals surface area contributed by atoms with Gasteiger partial charge in [0, 0.05) is 28.3 Å². The van der Waals surface area contributed by atoms with Gasteiger partial charge >= 0.3 is 0 Å². The molecular formula is C26H30N6O3S. The molecule has 1 saturated heterocycles. The predicted octanol–water partition coefficient (Wildman–Crippen LogP) is 4.45. The number of aromatic nitrogens is 4. The summed E-state index contributed by atoms with van der Waals surface area (Å²) in [7, 11) is 1.66. The van der Waals surface area contributed by atoms with E-state index in [-0.39, 0.29) is 11.0 Å². The first-order chi connectivity index (χ1) is 17.5. The summed E-state index contributed by atoms with van der Waals surface area (Å²) in [5.41, 5.74) is 2.66. The summed E-state index contributed by atoms with van der Waals surface area (Å²) in [6.07, 6.45) is 8.18. The fourth-order valence-electron chi connectivity index (χ4n) is 6.20. The van der Waals surface area contributed by atoms with Crippen molar-refractivity contribution in [1.82, 2.24) is 25.1 Å². The minimum atomic E-state index is -0.338. The van der Waals surface area contributed by atoms with Crippen LogP contribution in [0.5, 0.6) is 5.75 Å². The molecule has 3 aromatic heterocycles. The van der Waals surface area contributed by atoms with Gasteiger partial charge in [0.25, 0.3) is 0 Å². The summed E-state index contributed by atoms with van der Waals surface area (Å²) in [6.45, 7) is 6.26. The highest BCUT2D eigenvalue weighted by molar-refractivity contribution is 7.19. The molecule has 6 rings (SSSR count). The molecule has 2 aliphatic rings. The normalized spacial score (nSPS) is 24.1. The highest BCUT2D eigenvalue weighted by Crippen LogP contribution is 2.53. The van der Waals surface area contributed by atoms with E-state index in [2.05, 4.69) is 39.3 Å². The van der Waals surface area contributed by atoms with E-state index >= 15 is 0 Å². The Balaban J connectivity index is 1.40. The van der Waals surface area contributed by atoms with Crippen molar-refractivity contribution in [2.75, 3.05) is 32.2 Å². The zero-order valence-corrected chi connectivity index (χ0v) is 21.6. The average molecular weight is 507 g/mol. The van der Waals surface area contributed by atoms with Crippen molar-refractivity contribution in [3.05, 3.63) is 35.1 Å². The van der Waals surface area contributed by atoms with Crippen LogP contribution in [-0.4, -0.2) is 63.9 Å². The Hall–Kier alpha value is -3.24. The molecular weight excluding hydrogens is 476 g/mol. The minimum absolute atomic E-state index is 0.0568. The number of benzene rings is 1. The number of hydrogen-bond donors (Lipinski definition) is 2. The van der Waals surface area contributed by atoms with Gasteiger partial charge in [-0.25, -0.2) is 9.97 Å². The van der Waals surface area contributed by atoms with Crippen molar-refractivity contribution in [2.24, 2.45) is 5.41 Å². The summed E-state index contributed by atoms with van der Waals surface area (Å²) < 4.78 is 11.6. The predicted molar refractivity (Wildman–Crippen MR) is 140 cm³/mol. The quantitative estimate of drug-likeness (QED) is 0.372. The lowest BCUT2D eigenvalue weighted by Gasteiger charge is -2.56. The number of aromatic amines is 1. The number of hydrogen-bond acceptors (Lipinski definition) is 8. The van der Waals surface area contributed by atoms with Crippen LogP contribution in [0.1, 0.15) is 37.1 Å². The molecule has 0 unspecified atom stereocenters. The SMILES string of the molecule is CC[C@]1([C@@]2(C)COCCN2C=O)CCc2c(sc3ncnc(Nc4cc5cn[nH]c5cc4OC)c23)C1. The number of ether oxygens (including phenoxy) is 2. The Morgan fingerprint density at radius 3 is 3.06 bits per heavy atom. The van der Waals surface area contributed by atoms with Gasteiger partial charge in [0.05, 0.1) is 48.6 Å². The lowest BCUT2D eigenvalue weighted by atomic mass is 9.60. The summed E-state index contributed by atoms with van der Waals surface area (Å²) in [4.78, 5) is 25.6. The molecule has 188 valence electrons. The molecule has 2 atom stereocenters. The van der Waals surface area contributed by atoms with Gasteiger partial charge < -0.3 is 19.7 Å². The van der Waals surface area contributed by atoms with Crippen molar-refractivity contribution in [3.63, 3.8) is 0 Å². The van der Waals surface area contributed by atoms with Gasteiger partial charge in [-0.3, -0.25) is 9.89 Å². The smallest absolute Gasteiger partial charge is 0.210 e. The van der Waals surface area contributed by atoms with Gasteiger partial charge in [0.2, 0.25) is 6.41 Å². The lowest BCUT2D eigenvalue weighted by molar-refractivity contribution is -0.153. The maximum absolute atomic E-state index is 12.0. The van der Waals surface area contributed by atoms with Crippen LogP contribution < -0.4 is 10.1 Å². The zero-order valence-electron chi connectivity index (χ0n) is 20.8. The number of morpholine rings is 1. The highest BCUT2D eigenvalue weighted by atomic mass is 32.1. The first-order valence-electron chi connectivity index (χ1n) is 12.3. The number of rotatable bonds is 6. The lowest BCUT2D eigenvalue weighted by Crippen LogP contribution is -2.65. The van der Waals surface area contributed by atoms with E-state index in [0.717, 1.165) is 64.7 Å². The Labute approximate surface area is 213 Å². The van der Waals surface area contributed by atoms with Crippen molar-refractivity contribution in [2.45, 2.75) is 45.1 Å². The van der Waals surface area contributed by atoms with Crippen LogP contribution in [0.3, 0.4) is 0 Å². The van der Waals surface area contributed by atoms with Crippen molar-refractivity contribution in [1.29, 1.82) is 0 Å². The van der Waals surface area contributed by atoms with Gasteiger partial charge in [-0.15, -0.1) is 11.3 Å². The molecule has 0 saturated carbocycles. The van der Waals surface area contributed by atoms with Crippen molar-refractivity contribution in [3.8, 4) is 5.75 Å². The second-order valence-electron chi connectivity index (χ2n) is 9.98. The van der Waals surface area contributed by atoms with Gasteiger partial charge in [0.15, 0.2) is 0 Å². The van der Waals surface area contributed by atoms with E-state index in [4.69, 9.17) is 9.47 Å². The average Bonchev–Trinajstić information content (AvgIpc) is 3.51. The number of nitrogens with zero attached hydrogens (tertiary/aromatic N) is 4. The molecule has 4 heterocycles. The van der Waals surface area contributed by atoms with Crippen LogP contribution in [0.4, 0.5) is 11.5 Å².